The maximum Gasteiger partial charge on any atom is 0.333 e. The summed E-state index contributed by atoms with van der Waals surface area (Å²) in [5.41, 5.74) is 2.19. The minimum atomic E-state index is -4.06. The maximum absolute atomic E-state index is 11.0. The summed E-state index contributed by atoms with van der Waals surface area (Å²) < 4.78 is 32.5. The van der Waals surface area contributed by atoms with Crippen molar-refractivity contribution in [3.63, 3.8) is 0 Å². The van der Waals surface area contributed by atoms with Crippen LogP contribution in [0.25, 0.3) is 11.2 Å². The van der Waals surface area contributed by atoms with E-state index >= 15 is 0 Å². The molecule has 12 heteroatoms. The molecule has 0 aliphatic heterocycles. The van der Waals surface area contributed by atoms with Gasteiger partial charge in [0.25, 0.3) is 0 Å². The van der Waals surface area contributed by atoms with E-state index in [9.17, 15) is 13.5 Å². The molecule has 0 bridgehead atoms. The van der Waals surface area contributed by atoms with Crippen molar-refractivity contribution in [3.8, 4) is 5.88 Å². The van der Waals surface area contributed by atoms with Crippen LogP contribution in [0.4, 0.5) is 0 Å². The lowest BCUT2D eigenvalue weighted by Gasteiger charge is -2.13. The molecule has 1 aromatic carbocycles. The van der Waals surface area contributed by atoms with E-state index in [2.05, 4.69) is 30.2 Å². The average Bonchev–Trinajstić information content (AvgIpc) is 3.22. The summed E-state index contributed by atoms with van der Waals surface area (Å²) in [7, 11) is -4.06. The van der Waals surface area contributed by atoms with E-state index in [0.29, 0.717) is 35.0 Å². The quantitative estimate of drug-likeness (QED) is 0.485. The number of rotatable bonds is 7. The van der Waals surface area contributed by atoms with Crippen LogP contribution in [0.15, 0.2) is 40.6 Å². The lowest BCUT2D eigenvalue weighted by atomic mass is 10.1. The largest absolute Gasteiger partial charge is 0.473 e. The summed E-state index contributed by atoms with van der Waals surface area (Å²) in [6.45, 7) is 1.83. The van der Waals surface area contributed by atoms with Gasteiger partial charge in [-0.25, -0.2) is 15.1 Å². The number of aliphatic hydroxyl groups excluding tert-OH is 1. The van der Waals surface area contributed by atoms with E-state index < -0.39 is 22.3 Å². The normalized spacial score (nSPS) is 21.9. The summed E-state index contributed by atoms with van der Waals surface area (Å²) in [5.74, 6) is -0.102. The van der Waals surface area contributed by atoms with Crippen LogP contribution in [0.2, 0.25) is 0 Å². The van der Waals surface area contributed by atoms with Crippen molar-refractivity contribution in [2.45, 2.75) is 42.0 Å². The van der Waals surface area contributed by atoms with E-state index in [1.165, 1.54) is 18.1 Å². The summed E-state index contributed by atoms with van der Waals surface area (Å²) >= 11 is 1.47. The molecule has 0 radical (unpaired) electrons. The molecule has 30 heavy (non-hydrogen) atoms. The highest BCUT2D eigenvalue weighted by Crippen LogP contribution is 2.33. The van der Waals surface area contributed by atoms with Crippen LogP contribution in [0.5, 0.6) is 5.88 Å². The molecule has 1 aliphatic rings. The number of nitrogens with two attached hydrogens (primary N) is 1. The second-order valence-corrected chi connectivity index (χ2v) is 9.44. The monoisotopic (exact) mass is 451 g/mol. The fraction of sp³-hybridized carbons (Fsp3) is 0.389. The zero-order valence-corrected chi connectivity index (χ0v) is 17.7. The smallest absolute Gasteiger partial charge is 0.333 e. The van der Waals surface area contributed by atoms with Crippen LogP contribution < -0.4 is 9.88 Å². The number of aliphatic hydroxyl groups is 1. The van der Waals surface area contributed by atoms with Gasteiger partial charge in [0.1, 0.15) is 12.4 Å². The molecule has 1 aliphatic carbocycles. The highest BCUT2D eigenvalue weighted by atomic mass is 32.2. The van der Waals surface area contributed by atoms with Gasteiger partial charge < -0.3 is 14.8 Å². The molecule has 0 saturated heterocycles. The third-order valence-corrected chi connectivity index (χ3v) is 6.11. The third-order valence-electron chi connectivity index (χ3n) is 4.77. The van der Waals surface area contributed by atoms with E-state index in [0.717, 1.165) is 10.5 Å². The summed E-state index contributed by atoms with van der Waals surface area (Å²) in [6, 6.07) is 8.07. The second kappa shape index (κ2) is 8.47. The first kappa shape index (κ1) is 21.0. The molecular weight excluding hydrogens is 430 g/mol. The number of hydrogen-bond donors (Lipinski definition) is 3. The van der Waals surface area contributed by atoms with Gasteiger partial charge in [-0.3, -0.25) is 4.18 Å². The van der Waals surface area contributed by atoms with Gasteiger partial charge in [0.05, 0.1) is 12.7 Å². The van der Waals surface area contributed by atoms with Crippen molar-refractivity contribution in [2.24, 2.45) is 11.1 Å². The van der Waals surface area contributed by atoms with Gasteiger partial charge in [-0.2, -0.15) is 13.4 Å². The minimum absolute atomic E-state index is 0.196. The number of imidazole rings is 1. The third kappa shape index (κ3) is 5.08. The molecular formula is C18H21N5O5S2. The predicted octanol–water partition coefficient (Wildman–Crippen LogP) is 1.55. The average molecular weight is 452 g/mol. The Morgan fingerprint density at radius 1 is 1.33 bits per heavy atom. The fourth-order valence-electron chi connectivity index (χ4n) is 3.38. The number of fused-ring (bicyclic) bond motifs is 1. The Morgan fingerprint density at radius 2 is 2.17 bits per heavy atom. The van der Waals surface area contributed by atoms with Gasteiger partial charge in [-0.1, -0.05) is 29.5 Å². The van der Waals surface area contributed by atoms with Crippen molar-refractivity contribution in [1.82, 2.24) is 19.9 Å². The SMILES string of the molecule is Cc1cccc(Sc2nc3c(O[C@@H]4C[C@@H](COS(N)(=O)=O)[C@@H](O)C4)ncnc3[nH]2)c1. The number of ether oxygens (including phenoxy) is 1. The summed E-state index contributed by atoms with van der Waals surface area (Å²) in [6.07, 6.45) is 0.971. The number of aromatic amines is 1. The Kier molecular flexibility index (Phi) is 5.93. The molecule has 0 amide bonds. The number of aryl methyl sites for hydroxylation is 1. The fourth-order valence-corrected chi connectivity index (χ4v) is 4.64. The Hall–Kier alpha value is -2.25. The van der Waals surface area contributed by atoms with E-state index in [-0.39, 0.29) is 12.7 Å². The van der Waals surface area contributed by atoms with Gasteiger partial charge >= 0.3 is 10.3 Å². The van der Waals surface area contributed by atoms with Gasteiger partial charge in [0.2, 0.25) is 5.88 Å². The van der Waals surface area contributed by atoms with Crippen LogP contribution in [0.1, 0.15) is 18.4 Å². The zero-order valence-electron chi connectivity index (χ0n) is 16.1. The van der Waals surface area contributed by atoms with Gasteiger partial charge in [0, 0.05) is 17.2 Å². The molecule has 4 rings (SSSR count). The molecule has 3 atom stereocenters. The standard InChI is InChI=1S/C18H21N5O5S2/c1-10-3-2-4-13(5-10)29-18-22-15-16(23-18)20-9-21-17(15)28-12-6-11(14(24)7-12)8-27-30(19,25)26/h2-5,9,11-12,14,24H,6-8H2,1H3,(H2,19,25,26)(H,20,21,22,23)/t11-,12+,14-/m0/s1. The maximum atomic E-state index is 11.0. The molecule has 2 heterocycles. The molecule has 4 N–H and O–H groups in total. The highest BCUT2D eigenvalue weighted by molar-refractivity contribution is 7.99. The predicted molar refractivity (Wildman–Crippen MR) is 109 cm³/mol. The van der Waals surface area contributed by atoms with E-state index in [4.69, 9.17) is 9.88 Å². The van der Waals surface area contributed by atoms with Crippen LogP contribution in [-0.2, 0) is 14.5 Å². The second-order valence-electron chi connectivity index (χ2n) is 7.15. The Balaban J connectivity index is 1.47. The van der Waals surface area contributed by atoms with E-state index in [1.54, 1.807) is 0 Å². The number of hydrogen-bond acceptors (Lipinski definition) is 9. The number of aromatic nitrogens is 4. The first-order chi connectivity index (χ1) is 14.3. The molecule has 3 aromatic rings. The molecule has 2 aromatic heterocycles. The Labute approximate surface area is 177 Å². The van der Waals surface area contributed by atoms with Crippen molar-refractivity contribution in [2.75, 3.05) is 6.61 Å². The zero-order chi connectivity index (χ0) is 21.3. The summed E-state index contributed by atoms with van der Waals surface area (Å²) in [5, 5.41) is 15.7. The topological polar surface area (TPSA) is 153 Å². The number of H-pyrrole nitrogens is 1. The van der Waals surface area contributed by atoms with Crippen LogP contribution in [0.3, 0.4) is 0 Å². The van der Waals surface area contributed by atoms with Crippen LogP contribution in [0, 0.1) is 12.8 Å². The Morgan fingerprint density at radius 3 is 2.93 bits per heavy atom. The lowest BCUT2D eigenvalue weighted by Crippen LogP contribution is -2.24. The van der Waals surface area contributed by atoms with Crippen LogP contribution >= 0.6 is 11.8 Å². The van der Waals surface area contributed by atoms with E-state index in [1.807, 2.05) is 25.1 Å². The molecule has 160 valence electrons. The first-order valence-corrected chi connectivity index (χ1v) is 11.5. The van der Waals surface area contributed by atoms with Crippen molar-refractivity contribution >= 4 is 33.2 Å². The van der Waals surface area contributed by atoms with Gasteiger partial charge in [0.15, 0.2) is 16.3 Å². The van der Waals surface area contributed by atoms with Crippen molar-refractivity contribution < 1.29 is 22.4 Å². The number of nitrogens with zero attached hydrogens (tertiary/aromatic N) is 3. The molecule has 0 unspecified atom stereocenters. The summed E-state index contributed by atoms with van der Waals surface area (Å²) in [4.78, 5) is 17.2. The lowest BCUT2D eigenvalue weighted by molar-refractivity contribution is 0.0986. The molecule has 10 nitrogen and oxygen atoms in total. The van der Waals surface area contributed by atoms with Crippen molar-refractivity contribution in [3.05, 3.63) is 36.2 Å². The molecule has 1 fully saturated rings. The van der Waals surface area contributed by atoms with Crippen molar-refractivity contribution in [1.29, 1.82) is 0 Å². The number of nitrogens with one attached hydrogen (secondary N) is 1. The minimum Gasteiger partial charge on any atom is -0.473 e. The van der Waals surface area contributed by atoms with Gasteiger partial charge in [-0.15, -0.1) is 0 Å². The van der Waals surface area contributed by atoms with Crippen LogP contribution in [-0.4, -0.2) is 52.3 Å². The Bertz CT molecular complexity index is 1150. The molecule has 0 spiro atoms. The number of benzene rings is 1. The van der Waals surface area contributed by atoms with Gasteiger partial charge in [-0.05, 0) is 25.5 Å². The molecule has 1 saturated carbocycles. The highest BCUT2D eigenvalue weighted by Gasteiger charge is 2.36. The first-order valence-electron chi connectivity index (χ1n) is 9.24.